The Kier molecular flexibility index (Phi) is 2.91. The summed E-state index contributed by atoms with van der Waals surface area (Å²) in [6.45, 7) is 2.37. The predicted molar refractivity (Wildman–Crippen MR) is 69.8 cm³/mol. The molecule has 0 radical (unpaired) electrons. The third kappa shape index (κ3) is 1.89. The number of hydrogen-bond donors (Lipinski definition) is 1. The number of pyridine rings is 1. The quantitative estimate of drug-likeness (QED) is 0.848. The van der Waals surface area contributed by atoms with Gasteiger partial charge in [0.1, 0.15) is 0 Å². The van der Waals surface area contributed by atoms with Crippen molar-refractivity contribution >= 4 is 0 Å². The lowest BCUT2D eigenvalue weighted by Gasteiger charge is -2.28. The summed E-state index contributed by atoms with van der Waals surface area (Å²) in [6.07, 6.45) is 8.34. The number of aryl methyl sites for hydroxylation is 1. The Morgan fingerprint density at radius 3 is 3.00 bits per heavy atom. The molecule has 3 rings (SSSR count). The van der Waals surface area contributed by atoms with Crippen molar-refractivity contribution in [1.29, 1.82) is 0 Å². The Morgan fingerprint density at radius 1 is 1.35 bits per heavy atom. The van der Waals surface area contributed by atoms with Crippen LogP contribution in [0.15, 0.2) is 18.3 Å². The van der Waals surface area contributed by atoms with Crippen molar-refractivity contribution in [2.45, 2.75) is 51.0 Å². The van der Waals surface area contributed by atoms with Gasteiger partial charge >= 0.3 is 0 Å². The zero-order chi connectivity index (χ0) is 11.8. The molecule has 1 aromatic rings. The van der Waals surface area contributed by atoms with E-state index in [-0.39, 0.29) is 0 Å². The van der Waals surface area contributed by atoms with Crippen LogP contribution in [-0.2, 0) is 6.42 Å². The highest BCUT2D eigenvalue weighted by Crippen LogP contribution is 2.41. The summed E-state index contributed by atoms with van der Waals surface area (Å²) in [5.74, 6) is 2.03. The first-order valence-corrected chi connectivity index (χ1v) is 6.96. The maximum Gasteiger partial charge on any atom is 0.0482 e. The minimum absolute atomic E-state index is 0.323. The van der Waals surface area contributed by atoms with E-state index in [0.29, 0.717) is 17.9 Å². The third-order valence-corrected chi connectivity index (χ3v) is 4.89. The van der Waals surface area contributed by atoms with Crippen molar-refractivity contribution in [2.75, 3.05) is 0 Å². The van der Waals surface area contributed by atoms with E-state index >= 15 is 0 Å². The van der Waals surface area contributed by atoms with Crippen LogP contribution in [0.2, 0.25) is 0 Å². The van der Waals surface area contributed by atoms with Crippen molar-refractivity contribution in [2.24, 2.45) is 17.6 Å². The lowest BCUT2D eigenvalue weighted by molar-refractivity contribution is 0.304. The first-order chi connectivity index (χ1) is 8.27. The molecule has 0 aliphatic heterocycles. The van der Waals surface area contributed by atoms with Gasteiger partial charge in [-0.05, 0) is 42.7 Å². The van der Waals surface area contributed by atoms with E-state index in [1.54, 1.807) is 0 Å². The van der Waals surface area contributed by atoms with Gasteiger partial charge in [0.05, 0.1) is 0 Å². The normalized spacial score (nSPS) is 33.6. The second kappa shape index (κ2) is 4.41. The largest absolute Gasteiger partial charge is 0.327 e. The number of rotatable bonds is 2. The molecule has 17 heavy (non-hydrogen) atoms. The average molecular weight is 230 g/mol. The van der Waals surface area contributed by atoms with E-state index in [1.807, 2.05) is 12.3 Å². The number of fused-ring (bicyclic) bond motifs is 1. The molecule has 1 saturated carbocycles. The Balaban J connectivity index is 1.82. The Morgan fingerprint density at radius 2 is 2.24 bits per heavy atom. The number of nitrogens with two attached hydrogens (primary N) is 1. The highest BCUT2D eigenvalue weighted by molar-refractivity contribution is 5.30. The Hall–Kier alpha value is -0.890. The molecule has 92 valence electrons. The van der Waals surface area contributed by atoms with Crippen LogP contribution in [0.4, 0.5) is 0 Å². The van der Waals surface area contributed by atoms with Crippen LogP contribution in [-0.4, -0.2) is 11.0 Å². The predicted octanol–water partition coefficient (Wildman–Crippen LogP) is 2.87. The highest BCUT2D eigenvalue weighted by atomic mass is 14.8. The molecule has 1 heterocycles. The van der Waals surface area contributed by atoms with Gasteiger partial charge in [-0.1, -0.05) is 25.8 Å². The van der Waals surface area contributed by atoms with Gasteiger partial charge < -0.3 is 5.73 Å². The maximum absolute atomic E-state index is 6.55. The second-order valence-electron chi connectivity index (χ2n) is 5.84. The van der Waals surface area contributed by atoms with Crippen molar-refractivity contribution < 1.29 is 0 Å². The summed E-state index contributed by atoms with van der Waals surface area (Å²) in [4.78, 5) is 4.58. The van der Waals surface area contributed by atoms with Crippen LogP contribution in [0.5, 0.6) is 0 Å². The summed E-state index contributed by atoms with van der Waals surface area (Å²) in [5.41, 5.74) is 9.27. The van der Waals surface area contributed by atoms with Crippen LogP contribution in [0.1, 0.15) is 49.8 Å². The molecule has 1 fully saturated rings. The van der Waals surface area contributed by atoms with Crippen molar-refractivity contribution in [3.8, 4) is 0 Å². The van der Waals surface area contributed by atoms with Gasteiger partial charge in [-0.15, -0.1) is 0 Å². The lowest BCUT2D eigenvalue weighted by atomic mass is 9.82. The molecular formula is C15H22N2. The molecule has 0 saturated heterocycles. The molecule has 0 aromatic carbocycles. The molecule has 0 bridgehead atoms. The van der Waals surface area contributed by atoms with E-state index in [0.717, 1.165) is 5.92 Å². The smallest absolute Gasteiger partial charge is 0.0482 e. The average Bonchev–Trinajstić information content (AvgIpc) is 2.94. The van der Waals surface area contributed by atoms with Crippen molar-refractivity contribution in [1.82, 2.24) is 4.98 Å². The molecule has 2 aliphatic rings. The minimum Gasteiger partial charge on any atom is -0.327 e. The van der Waals surface area contributed by atoms with Crippen LogP contribution < -0.4 is 5.73 Å². The van der Waals surface area contributed by atoms with Crippen LogP contribution in [0.3, 0.4) is 0 Å². The summed E-state index contributed by atoms with van der Waals surface area (Å²) in [6, 6.07) is 4.58. The van der Waals surface area contributed by atoms with Gasteiger partial charge in [0, 0.05) is 23.9 Å². The van der Waals surface area contributed by atoms with E-state index in [2.05, 4.69) is 18.0 Å². The van der Waals surface area contributed by atoms with E-state index in [4.69, 9.17) is 5.73 Å². The molecule has 2 N–H and O–H groups in total. The fourth-order valence-corrected chi connectivity index (χ4v) is 3.86. The zero-order valence-corrected chi connectivity index (χ0v) is 10.6. The van der Waals surface area contributed by atoms with Crippen LogP contribution >= 0.6 is 0 Å². The molecule has 0 amide bonds. The van der Waals surface area contributed by atoms with E-state index < -0.39 is 0 Å². The molecule has 1 aromatic heterocycles. The van der Waals surface area contributed by atoms with Gasteiger partial charge in [0.15, 0.2) is 0 Å². The van der Waals surface area contributed by atoms with Gasteiger partial charge in [-0.25, -0.2) is 0 Å². The summed E-state index contributed by atoms with van der Waals surface area (Å²) >= 11 is 0. The lowest BCUT2D eigenvalue weighted by Crippen LogP contribution is -2.37. The van der Waals surface area contributed by atoms with Crippen LogP contribution in [0.25, 0.3) is 0 Å². The molecule has 4 unspecified atom stereocenters. The Labute approximate surface area is 104 Å². The summed E-state index contributed by atoms with van der Waals surface area (Å²) in [7, 11) is 0. The van der Waals surface area contributed by atoms with Gasteiger partial charge in [0.2, 0.25) is 0 Å². The fourth-order valence-electron chi connectivity index (χ4n) is 3.86. The first-order valence-electron chi connectivity index (χ1n) is 6.96. The minimum atomic E-state index is 0.323. The maximum atomic E-state index is 6.55. The van der Waals surface area contributed by atoms with E-state index in [9.17, 15) is 0 Å². The van der Waals surface area contributed by atoms with Gasteiger partial charge in [-0.3, -0.25) is 4.98 Å². The molecule has 4 atom stereocenters. The topological polar surface area (TPSA) is 38.9 Å². The molecule has 2 heteroatoms. The SMILES string of the molecule is CC1CCCC1C(N)C1CCc2cccnc21. The standard InChI is InChI=1S/C15H22N2/c1-10-4-2-6-12(10)14(16)13-8-7-11-5-3-9-17-15(11)13/h3,5,9-10,12-14H,2,4,6-8,16H2,1H3. The first kappa shape index (κ1) is 11.2. The summed E-state index contributed by atoms with van der Waals surface area (Å²) in [5, 5.41) is 0. The fraction of sp³-hybridized carbons (Fsp3) is 0.667. The summed E-state index contributed by atoms with van der Waals surface area (Å²) < 4.78 is 0. The van der Waals surface area contributed by atoms with Gasteiger partial charge in [-0.2, -0.15) is 0 Å². The molecular weight excluding hydrogens is 208 g/mol. The second-order valence-corrected chi connectivity index (χ2v) is 5.84. The molecule has 2 aliphatic carbocycles. The Bertz CT molecular complexity index is 402. The third-order valence-electron chi connectivity index (χ3n) is 4.89. The van der Waals surface area contributed by atoms with Crippen molar-refractivity contribution in [3.63, 3.8) is 0 Å². The molecule has 2 nitrogen and oxygen atoms in total. The van der Waals surface area contributed by atoms with E-state index in [1.165, 1.54) is 43.4 Å². The highest BCUT2D eigenvalue weighted by Gasteiger charge is 2.37. The van der Waals surface area contributed by atoms with Crippen LogP contribution in [0, 0.1) is 11.8 Å². The molecule has 0 spiro atoms. The monoisotopic (exact) mass is 230 g/mol. The number of aromatic nitrogens is 1. The number of hydrogen-bond acceptors (Lipinski definition) is 2. The van der Waals surface area contributed by atoms with Gasteiger partial charge in [0.25, 0.3) is 0 Å². The number of nitrogens with zero attached hydrogens (tertiary/aromatic N) is 1. The van der Waals surface area contributed by atoms with Crippen molar-refractivity contribution in [3.05, 3.63) is 29.6 Å². The zero-order valence-electron chi connectivity index (χ0n) is 10.6.